The number of epoxide rings is 2. The first-order chi connectivity index (χ1) is 27.5. The van der Waals surface area contributed by atoms with Crippen molar-refractivity contribution in [3.63, 3.8) is 0 Å². The molecule has 5 saturated carbocycles. The Morgan fingerprint density at radius 2 is 1.46 bits per heavy atom. The van der Waals surface area contributed by atoms with E-state index in [-0.39, 0.29) is 19.4 Å². The lowest BCUT2D eigenvalue weighted by atomic mass is 9.40. The number of aliphatic hydroxyl groups excluding tert-OH is 2. The fourth-order valence-corrected chi connectivity index (χ4v) is 14.5. The number of ether oxygens (including phenoxy) is 6. The minimum Gasteiger partial charge on any atom is -0.459 e. The minimum absolute atomic E-state index is 0.235. The standard InChI is InChI=1S/C41H52N2O16/c1-14-24-27(39(7)40(8,53)36(52)59-41(39)33(14)58-41)30(51)25-23-26(32(54-15(2)44)35(38(24,25)6)56-17(4)46)37(5)18(13-19-31(57-19)34(37)55-16(3)45)28(29(23)50)42-20(47)11-12-43-21(48)9-10-22(43)49/h9-10,14,18-19,23-35,50-51,53H,11-13H2,1-8H3,(H,42,47)/t14-,18+,19-,23-,24-,25+,26+,27-,28-,29+,30+,31-,32-,33+,34-,35-,37-,38+,39-,40+,41-/m0/s1. The van der Waals surface area contributed by atoms with Gasteiger partial charge in [-0.2, -0.15) is 0 Å². The molecule has 3 amide bonds. The van der Waals surface area contributed by atoms with Crippen LogP contribution in [0.5, 0.6) is 0 Å². The van der Waals surface area contributed by atoms with Gasteiger partial charge in [0.2, 0.25) is 11.7 Å². The summed E-state index contributed by atoms with van der Waals surface area (Å²) in [6.07, 6.45) is -6.22. The van der Waals surface area contributed by atoms with E-state index in [0.29, 0.717) is 0 Å². The molecule has 18 nitrogen and oxygen atoms in total. The van der Waals surface area contributed by atoms with Crippen molar-refractivity contribution in [1.82, 2.24) is 10.2 Å². The topological polar surface area (TPSA) is 257 Å². The number of amides is 3. The number of esters is 4. The summed E-state index contributed by atoms with van der Waals surface area (Å²) in [5.41, 5.74) is -6.45. The molecule has 9 rings (SSSR count). The molecule has 4 N–H and O–H groups in total. The van der Waals surface area contributed by atoms with Crippen molar-refractivity contribution in [2.24, 2.45) is 57.7 Å². The van der Waals surface area contributed by atoms with Crippen LogP contribution in [0.3, 0.4) is 0 Å². The van der Waals surface area contributed by atoms with Gasteiger partial charge in [0.15, 0.2) is 5.60 Å². The average Bonchev–Trinajstić information content (AvgIpc) is 4.02. The summed E-state index contributed by atoms with van der Waals surface area (Å²) >= 11 is 0. The molecule has 322 valence electrons. The van der Waals surface area contributed by atoms with Crippen LogP contribution in [0, 0.1) is 57.7 Å². The maximum atomic E-state index is 13.9. The number of hydrogen-bond donors (Lipinski definition) is 4. The molecule has 5 aliphatic carbocycles. The van der Waals surface area contributed by atoms with Crippen LogP contribution in [0.2, 0.25) is 0 Å². The van der Waals surface area contributed by atoms with E-state index in [1.807, 2.05) is 13.8 Å². The Hall–Kier alpha value is -3.97. The molecule has 3 saturated heterocycles. The van der Waals surface area contributed by atoms with Crippen LogP contribution in [0.25, 0.3) is 0 Å². The predicted octanol–water partition coefficient (Wildman–Crippen LogP) is -0.716. The second-order valence-corrected chi connectivity index (χ2v) is 19.2. The second kappa shape index (κ2) is 12.6. The smallest absolute Gasteiger partial charge is 0.341 e. The molecular formula is C41H52N2O16. The van der Waals surface area contributed by atoms with E-state index in [4.69, 9.17) is 28.4 Å². The Morgan fingerprint density at radius 1 is 0.847 bits per heavy atom. The highest BCUT2D eigenvalue weighted by Gasteiger charge is 2.93. The first-order valence-electron chi connectivity index (χ1n) is 20.5. The quantitative estimate of drug-likeness (QED) is 0.107. The van der Waals surface area contributed by atoms with Crippen LogP contribution in [-0.4, -0.2) is 135 Å². The van der Waals surface area contributed by atoms with Gasteiger partial charge >= 0.3 is 23.9 Å². The lowest BCUT2D eigenvalue weighted by molar-refractivity contribution is -0.286. The van der Waals surface area contributed by atoms with Crippen LogP contribution in [0.15, 0.2) is 12.2 Å². The largest absolute Gasteiger partial charge is 0.459 e. The van der Waals surface area contributed by atoms with Crippen LogP contribution in [-0.2, 0) is 62.0 Å². The van der Waals surface area contributed by atoms with E-state index in [1.165, 1.54) is 27.7 Å². The van der Waals surface area contributed by atoms with E-state index in [0.717, 1.165) is 17.1 Å². The summed E-state index contributed by atoms with van der Waals surface area (Å²) in [7, 11) is 0. The molecule has 21 atom stereocenters. The zero-order valence-electron chi connectivity index (χ0n) is 34.1. The van der Waals surface area contributed by atoms with Crippen LogP contribution < -0.4 is 5.32 Å². The first-order valence-corrected chi connectivity index (χ1v) is 20.5. The fraction of sp³-hybridized carbons (Fsp3) is 0.780. The molecule has 9 aliphatic rings. The van der Waals surface area contributed by atoms with Gasteiger partial charge in [-0.25, -0.2) is 4.79 Å². The number of fused-ring (bicyclic) bond motifs is 9. The van der Waals surface area contributed by atoms with Crippen LogP contribution in [0.1, 0.15) is 68.2 Å². The third kappa shape index (κ3) is 4.94. The molecule has 0 bridgehead atoms. The molecule has 0 aromatic heterocycles. The van der Waals surface area contributed by atoms with Crippen molar-refractivity contribution in [1.29, 1.82) is 0 Å². The fourth-order valence-electron chi connectivity index (χ4n) is 14.5. The van der Waals surface area contributed by atoms with E-state index in [9.17, 15) is 48.9 Å². The first kappa shape index (κ1) is 40.4. The lowest BCUT2D eigenvalue weighted by Gasteiger charge is -2.67. The van der Waals surface area contributed by atoms with Gasteiger partial charge in [-0.15, -0.1) is 0 Å². The monoisotopic (exact) mass is 828 g/mol. The van der Waals surface area contributed by atoms with E-state index < -0.39 is 166 Å². The van der Waals surface area contributed by atoms with Gasteiger partial charge in [0.05, 0.1) is 29.8 Å². The second-order valence-electron chi connectivity index (χ2n) is 19.2. The average molecular weight is 829 g/mol. The van der Waals surface area contributed by atoms with Gasteiger partial charge in [-0.05, 0) is 43.9 Å². The van der Waals surface area contributed by atoms with Crippen LogP contribution >= 0.6 is 0 Å². The third-order valence-corrected chi connectivity index (χ3v) is 16.8. The van der Waals surface area contributed by atoms with Gasteiger partial charge in [0, 0.05) is 74.5 Å². The zero-order chi connectivity index (χ0) is 42.8. The Bertz CT molecular complexity index is 1970. The summed E-state index contributed by atoms with van der Waals surface area (Å²) in [6, 6.07) is -1.11. The molecule has 4 heterocycles. The maximum absolute atomic E-state index is 13.9. The Morgan fingerprint density at radius 3 is 2.07 bits per heavy atom. The number of hydrogen-bond acceptors (Lipinski definition) is 16. The van der Waals surface area contributed by atoms with Crippen molar-refractivity contribution in [2.45, 2.75) is 134 Å². The van der Waals surface area contributed by atoms with Gasteiger partial charge in [-0.3, -0.25) is 33.7 Å². The Labute approximate surface area is 339 Å². The maximum Gasteiger partial charge on any atom is 0.341 e. The molecule has 0 radical (unpaired) electrons. The summed E-state index contributed by atoms with van der Waals surface area (Å²) < 4.78 is 36.9. The highest BCUT2D eigenvalue weighted by molar-refractivity contribution is 6.13. The van der Waals surface area contributed by atoms with Gasteiger partial charge in [0.1, 0.15) is 30.5 Å². The van der Waals surface area contributed by atoms with E-state index in [2.05, 4.69) is 5.32 Å². The van der Waals surface area contributed by atoms with Gasteiger partial charge in [-0.1, -0.05) is 20.8 Å². The van der Waals surface area contributed by atoms with Crippen LogP contribution in [0.4, 0.5) is 0 Å². The normalized spacial score (nSPS) is 53.0. The summed E-state index contributed by atoms with van der Waals surface area (Å²) in [5, 5.41) is 41.3. The summed E-state index contributed by atoms with van der Waals surface area (Å²) in [6.45, 7) is 11.9. The molecule has 0 aromatic carbocycles. The molecule has 4 aliphatic heterocycles. The summed E-state index contributed by atoms with van der Waals surface area (Å²) in [4.78, 5) is 92.5. The number of aliphatic hydroxyl groups is 3. The van der Waals surface area contributed by atoms with Gasteiger partial charge < -0.3 is 49.1 Å². The molecule has 1 spiro atoms. The number of carbonyl (C=O) groups is 7. The summed E-state index contributed by atoms with van der Waals surface area (Å²) in [5.74, 6) is -12.5. The molecule has 8 fully saturated rings. The minimum atomic E-state index is -2.17. The Balaban J connectivity index is 1.22. The van der Waals surface area contributed by atoms with Crippen molar-refractivity contribution >= 4 is 41.6 Å². The van der Waals surface area contributed by atoms with Crippen molar-refractivity contribution < 1.29 is 77.3 Å². The van der Waals surface area contributed by atoms with Crippen molar-refractivity contribution in [3.8, 4) is 0 Å². The Kier molecular flexibility index (Phi) is 8.60. The number of nitrogens with zero attached hydrogens (tertiary/aromatic N) is 1. The third-order valence-electron chi connectivity index (χ3n) is 16.8. The molecule has 0 aromatic rings. The SMILES string of the molecule is CC(=O)O[C@H]1[C@H]2[C@@H]([C@@H](O)[C@@H](NC(=O)CCN3C(=O)C=CC3=O)[C@H]3C[C@@H]4O[C@@H]4[C@H](OC(C)=O)[C@]23C)[C@@H]2[C@@H](O)[C@@H]3[C@H]([C@H](C)[C@H]4O[C@]45OC(=O)[C@@](C)(O)[C@]35C)[C@@]2(C)[C@H]1OC(C)=O. The highest BCUT2D eigenvalue weighted by atomic mass is 16.8. The van der Waals surface area contributed by atoms with E-state index >= 15 is 0 Å². The molecule has 18 heteroatoms. The molecule has 59 heavy (non-hydrogen) atoms. The molecule has 0 unspecified atom stereocenters. The number of rotatable bonds is 7. The van der Waals surface area contributed by atoms with Crippen molar-refractivity contribution in [3.05, 3.63) is 12.2 Å². The van der Waals surface area contributed by atoms with Crippen molar-refractivity contribution in [2.75, 3.05) is 6.54 Å². The highest BCUT2D eigenvalue weighted by Crippen LogP contribution is 2.80. The zero-order valence-corrected chi connectivity index (χ0v) is 34.1. The van der Waals surface area contributed by atoms with Gasteiger partial charge in [0.25, 0.3) is 11.8 Å². The number of imide groups is 1. The predicted molar refractivity (Wildman–Crippen MR) is 193 cm³/mol. The number of nitrogens with one attached hydrogen (secondary N) is 1. The lowest BCUT2D eigenvalue weighted by Crippen LogP contribution is -2.77. The number of carbonyl (C=O) groups excluding carboxylic acids is 7. The van der Waals surface area contributed by atoms with E-state index in [1.54, 1.807) is 13.8 Å². The molecular weight excluding hydrogens is 776 g/mol.